The van der Waals surface area contributed by atoms with Crippen LogP contribution in [-0.2, 0) is 14.1 Å². The average molecular weight is 253 g/mol. The molecule has 8 heteroatoms. The van der Waals surface area contributed by atoms with Gasteiger partial charge in [0, 0.05) is 0 Å². The third-order valence-electron chi connectivity index (χ3n) is 2.39. The Morgan fingerprint density at radius 1 is 1.50 bits per heavy atom. The van der Waals surface area contributed by atoms with Crippen LogP contribution >= 0.6 is 7.60 Å². The highest BCUT2D eigenvalue weighted by molar-refractivity contribution is 7.51. The van der Waals surface area contributed by atoms with Crippen LogP contribution < -0.4 is 5.32 Å². The maximum absolute atomic E-state index is 10.7. The van der Waals surface area contributed by atoms with E-state index in [9.17, 15) is 9.36 Å². The summed E-state index contributed by atoms with van der Waals surface area (Å²) in [6, 6.07) is -0.631. The second kappa shape index (κ2) is 5.75. The molecule has 0 aliphatic carbocycles. The molecular formula is C8H16NO6P. The first-order valence-corrected chi connectivity index (χ1v) is 6.80. The summed E-state index contributed by atoms with van der Waals surface area (Å²) in [5, 5.41) is 11.6. The van der Waals surface area contributed by atoms with E-state index in [1.807, 2.05) is 0 Å². The lowest BCUT2D eigenvalue weighted by molar-refractivity contribution is -0.141. The molecular weight excluding hydrogens is 237 g/mol. The molecule has 0 radical (unpaired) electrons. The zero-order valence-corrected chi connectivity index (χ0v) is 9.60. The maximum atomic E-state index is 10.7. The van der Waals surface area contributed by atoms with Crippen molar-refractivity contribution in [1.29, 1.82) is 0 Å². The van der Waals surface area contributed by atoms with Crippen LogP contribution in [0.15, 0.2) is 0 Å². The summed E-state index contributed by atoms with van der Waals surface area (Å²) in [5.74, 6) is -0.928. The Hall–Kier alpha value is -0.460. The minimum Gasteiger partial charge on any atom is -0.480 e. The normalized spacial score (nSPS) is 26.6. The first-order valence-electron chi connectivity index (χ1n) is 5.01. The number of piperidine rings is 1. The Morgan fingerprint density at radius 3 is 2.75 bits per heavy atom. The summed E-state index contributed by atoms with van der Waals surface area (Å²) >= 11 is 0. The minimum atomic E-state index is -4.02. The van der Waals surface area contributed by atoms with E-state index in [-0.39, 0.29) is 18.9 Å². The monoisotopic (exact) mass is 253 g/mol. The fourth-order valence-electron chi connectivity index (χ4n) is 1.56. The molecule has 1 saturated heterocycles. The average Bonchev–Trinajstić information content (AvgIpc) is 2.16. The lowest BCUT2D eigenvalue weighted by Crippen LogP contribution is -2.46. The molecule has 1 heterocycles. The van der Waals surface area contributed by atoms with E-state index in [1.54, 1.807) is 0 Å². The summed E-state index contributed by atoms with van der Waals surface area (Å²) in [6.07, 6.45) is 0.421. The molecule has 0 saturated carbocycles. The van der Waals surface area contributed by atoms with E-state index in [0.717, 1.165) is 0 Å². The van der Waals surface area contributed by atoms with Gasteiger partial charge in [0.2, 0.25) is 0 Å². The molecule has 0 spiro atoms. The largest absolute Gasteiger partial charge is 0.480 e. The minimum absolute atomic E-state index is 0.0404. The Morgan fingerprint density at radius 2 is 2.19 bits per heavy atom. The number of aliphatic carboxylic acids is 1. The third kappa shape index (κ3) is 5.05. The van der Waals surface area contributed by atoms with Crippen molar-refractivity contribution < 1.29 is 29.0 Å². The van der Waals surface area contributed by atoms with Crippen molar-refractivity contribution in [2.45, 2.75) is 25.0 Å². The van der Waals surface area contributed by atoms with Gasteiger partial charge in [0.25, 0.3) is 0 Å². The molecule has 0 amide bonds. The van der Waals surface area contributed by atoms with Gasteiger partial charge in [-0.1, -0.05) is 0 Å². The van der Waals surface area contributed by atoms with Gasteiger partial charge in [0.15, 0.2) is 0 Å². The molecule has 1 aliphatic heterocycles. The highest BCUT2D eigenvalue weighted by atomic mass is 31.2. The molecule has 0 unspecified atom stereocenters. The van der Waals surface area contributed by atoms with E-state index in [4.69, 9.17) is 19.6 Å². The van der Waals surface area contributed by atoms with Crippen LogP contribution in [0.25, 0.3) is 0 Å². The molecule has 0 aromatic carbocycles. The lowest BCUT2D eigenvalue weighted by Gasteiger charge is -2.27. The van der Waals surface area contributed by atoms with E-state index >= 15 is 0 Å². The van der Waals surface area contributed by atoms with Crippen LogP contribution in [0.3, 0.4) is 0 Å². The number of carbonyl (C=O) groups is 1. The number of ether oxygens (including phenoxy) is 1. The number of hydrogen-bond donors (Lipinski definition) is 4. The van der Waals surface area contributed by atoms with Gasteiger partial charge < -0.3 is 24.9 Å². The second-order valence-corrected chi connectivity index (χ2v) is 5.53. The summed E-state index contributed by atoms with van der Waals surface area (Å²) in [7, 11) is -4.02. The SMILES string of the molecule is O=C(O)[C@@H]1C[C@H](OCCP(=O)(O)O)CCN1. The first-order chi connectivity index (χ1) is 7.38. The van der Waals surface area contributed by atoms with E-state index in [2.05, 4.69) is 5.32 Å². The zero-order valence-electron chi connectivity index (χ0n) is 8.70. The molecule has 16 heavy (non-hydrogen) atoms. The van der Waals surface area contributed by atoms with Crippen molar-refractivity contribution in [2.24, 2.45) is 0 Å². The molecule has 1 aliphatic rings. The van der Waals surface area contributed by atoms with Crippen molar-refractivity contribution in [3.63, 3.8) is 0 Å². The van der Waals surface area contributed by atoms with Gasteiger partial charge in [-0.05, 0) is 19.4 Å². The van der Waals surface area contributed by atoms with Crippen molar-refractivity contribution in [1.82, 2.24) is 5.32 Å². The van der Waals surface area contributed by atoms with Gasteiger partial charge >= 0.3 is 13.6 Å². The van der Waals surface area contributed by atoms with E-state index in [1.165, 1.54) is 0 Å². The molecule has 0 aromatic rings. The van der Waals surface area contributed by atoms with Gasteiger partial charge in [-0.3, -0.25) is 9.36 Å². The highest BCUT2D eigenvalue weighted by Gasteiger charge is 2.27. The van der Waals surface area contributed by atoms with Crippen molar-refractivity contribution in [3.8, 4) is 0 Å². The van der Waals surface area contributed by atoms with E-state index in [0.29, 0.717) is 19.4 Å². The number of carboxylic acids is 1. The number of hydrogen-bond acceptors (Lipinski definition) is 4. The first kappa shape index (κ1) is 13.6. The molecule has 7 nitrogen and oxygen atoms in total. The molecule has 0 bridgehead atoms. The molecule has 2 atom stereocenters. The van der Waals surface area contributed by atoms with Crippen LogP contribution in [0.2, 0.25) is 0 Å². The summed E-state index contributed by atoms with van der Waals surface area (Å²) < 4.78 is 15.8. The number of carboxylic acid groups (broad SMARTS) is 1. The molecule has 94 valence electrons. The van der Waals surface area contributed by atoms with Crippen LogP contribution in [0, 0.1) is 0 Å². The van der Waals surface area contributed by atoms with Crippen LogP contribution in [0.5, 0.6) is 0 Å². The maximum Gasteiger partial charge on any atom is 0.327 e. The highest BCUT2D eigenvalue weighted by Crippen LogP contribution is 2.33. The number of nitrogens with one attached hydrogen (secondary N) is 1. The Balaban J connectivity index is 2.27. The van der Waals surface area contributed by atoms with Crippen molar-refractivity contribution in [2.75, 3.05) is 19.3 Å². The van der Waals surface area contributed by atoms with Crippen LogP contribution in [-0.4, -0.2) is 52.3 Å². The van der Waals surface area contributed by atoms with Crippen molar-refractivity contribution in [3.05, 3.63) is 0 Å². The third-order valence-corrected chi connectivity index (χ3v) is 3.16. The van der Waals surface area contributed by atoms with Crippen molar-refractivity contribution >= 4 is 13.6 Å². The summed E-state index contributed by atoms with van der Waals surface area (Å²) in [6.45, 7) is 0.499. The Kier molecular flexibility index (Phi) is 4.89. The van der Waals surface area contributed by atoms with Crippen LogP contribution in [0.1, 0.15) is 12.8 Å². The zero-order chi connectivity index (χ0) is 12.2. The number of rotatable bonds is 5. The molecule has 4 N–H and O–H groups in total. The fraction of sp³-hybridized carbons (Fsp3) is 0.875. The fourth-order valence-corrected chi connectivity index (χ4v) is 1.90. The van der Waals surface area contributed by atoms with Gasteiger partial charge in [-0.15, -0.1) is 0 Å². The molecule has 0 aromatic heterocycles. The predicted molar refractivity (Wildman–Crippen MR) is 55.3 cm³/mol. The standard InChI is InChI=1S/C8H16NO6P/c10-8(11)7-5-6(1-2-9-7)15-3-4-16(12,13)14/h6-7,9H,1-5H2,(H,10,11)(H2,12,13,14)/t6-,7+/m1/s1. The van der Waals surface area contributed by atoms with Gasteiger partial charge in [0.05, 0.1) is 18.9 Å². The Labute approximate surface area is 93.0 Å². The van der Waals surface area contributed by atoms with Gasteiger partial charge in [-0.25, -0.2) is 0 Å². The lowest BCUT2D eigenvalue weighted by atomic mass is 10.0. The molecule has 1 fully saturated rings. The smallest absolute Gasteiger partial charge is 0.327 e. The summed E-state index contributed by atoms with van der Waals surface area (Å²) in [4.78, 5) is 27.9. The van der Waals surface area contributed by atoms with E-state index < -0.39 is 19.6 Å². The topological polar surface area (TPSA) is 116 Å². The van der Waals surface area contributed by atoms with Crippen LogP contribution in [0.4, 0.5) is 0 Å². The second-order valence-electron chi connectivity index (χ2n) is 3.75. The Bertz CT molecular complexity index is 290. The summed E-state index contributed by atoms with van der Waals surface area (Å²) in [5.41, 5.74) is 0. The quantitative estimate of drug-likeness (QED) is 0.483. The van der Waals surface area contributed by atoms with Gasteiger partial charge in [-0.2, -0.15) is 0 Å². The van der Waals surface area contributed by atoms with Gasteiger partial charge in [0.1, 0.15) is 6.04 Å². The predicted octanol–water partition coefficient (Wildman–Crippen LogP) is -0.614. The molecule has 1 rings (SSSR count).